The lowest BCUT2D eigenvalue weighted by atomic mass is 9.98. The van der Waals surface area contributed by atoms with Gasteiger partial charge in [-0.15, -0.1) is 0 Å². The van der Waals surface area contributed by atoms with Gasteiger partial charge in [-0.05, 0) is 111 Å². The summed E-state index contributed by atoms with van der Waals surface area (Å²) < 4.78 is 2.25. The second-order valence-electron chi connectivity index (χ2n) is 14.5. The number of rotatable bonds is 9. The third kappa shape index (κ3) is 6.87. The number of para-hydroxylation sites is 1. The van der Waals surface area contributed by atoms with Gasteiger partial charge in [-0.1, -0.05) is 170 Å². The standard InChI is InChI=1S/C55H39N3/c1-5-14-40(15-6-1)42-24-31-50(32-25-42)57(51-33-26-43(27-34-51)41-16-7-2-8-17-41)52-35-28-44(29-36-52)46-20-13-21-47(38-46)48-30-37-54-53(39-48)56-55(45-18-9-3-10-19-45)58(54)49-22-11-4-12-23-49/h1-39H. The zero-order chi connectivity index (χ0) is 38.7. The molecule has 0 aliphatic carbocycles. The fraction of sp³-hybridized carbons (Fsp3) is 0. The highest BCUT2D eigenvalue weighted by Crippen LogP contribution is 2.39. The monoisotopic (exact) mass is 741 g/mol. The molecule has 0 aliphatic rings. The summed E-state index contributed by atoms with van der Waals surface area (Å²) in [7, 11) is 0. The second-order valence-corrected chi connectivity index (χ2v) is 14.5. The molecule has 0 spiro atoms. The molecule has 0 fully saturated rings. The summed E-state index contributed by atoms with van der Waals surface area (Å²) in [6.07, 6.45) is 0. The van der Waals surface area contributed by atoms with Crippen LogP contribution < -0.4 is 4.90 Å². The number of hydrogen-bond acceptors (Lipinski definition) is 2. The highest BCUT2D eigenvalue weighted by atomic mass is 15.1. The largest absolute Gasteiger partial charge is 0.311 e. The maximum absolute atomic E-state index is 5.20. The molecule has 0 saturated heterocycles. The van der Waals surface area contributed by atoms with Crippen LogP contribution in [0.4, 0.5) is 17.1 Å². The van der Waals surface area contributed by atoms with Gasteiger partial charge in [0.05, 0.1) is 11.0 Å². The van der Waals surface area contributed by atoms with Gasteiger partial charge in [0.15, 0.2) is 0 Å². The van der Waals surface area contributed by atoms with Gasteiger partial charge in [0.25, 0.3) is 0 Å². The highest BCUT2D eigenvalue weighted by molar-refractivity contribution is 5.88. The SMILES string of the molecule is c1ccc(-c2ccc(N(c3ccc(-c4ccccc4)cc3)c3ccc(-c4cccc(-c5ccc6c(c5)nc(-c5ccccc5)n6-c5ccccc5)c4)cc3)cc2)cc1. The van der Waals surface area contributed by atoms with Crippen molar-refractivity contribution in [1.82, 2.24) is 9.55 Å². The van der Waals surface area contributed by atoms with Crippen LogP contribution >= 0.6 is 0 Å². The summed E-state index contributed by atoms with van der Waals surface area (Å²) in [5, 5.41) is 0. The van der Waals surface area contributed by atoms with E-state index in [1.54, 1.807) is 0 Å². The van der Waals surface area contributed by atoms with Gasteiger partial charge in [0, 0.05) is 28.3 Å². The van der Waals surface area contributed by atoms with Crippen LogP contribution in [-0.4, -0.2) is 9.55 Å². The Hall–Kier alpha value is -7.75. The molecule has 9 aromatic carbocycles. The van der Waals surface area contributed by atoms with Crippen LogP contribution in [0.1, 0.15) is 0 Å². The normalized spacial score (nSPS) is 11.1. The van der Waals surface area contributed by atoms with Crippen molar-refractivity contribution >= 4 is 28.1 Å². The van der Waals surface area contributed by atoms with E-state index in [1.807, 2.05) is 6.07 Å². The van der Waals surface area contributed by atoms with E-state index in [4.69, 9.17) is 4.98 Å². The third-order valence-electron chi connectivity index (χ3n) is 10.8. The Morgan fingerprint density at radius 2 is 0.655 bits per heavy atom. The Morgan fingerprint density at radius 1 is 0.293 bits per heavy atom. The van der Waals surface area contributed by atoms with Gasteiger partial charge in [-0.2, -0.15) is 0 Å². The number of benzene rings is 9. The van der Waals surface area contributed by atoms with E-state index >= 15 is 0 Å². The number of fused-ring (bicyclic) bond motifs is 1. The summed E-state index contributed by atoms with van der Waals surface area (Å²) in [6.45, 7) is 0. The highest BCUT2D eigenvalue weighted by Gasteiger charge is 2.17. The molecule has 1 heterocycles. The zero-order valence-electron chi connectivity index (χ0n) is 31.9. The molecule has 0 aliphatic heterocycles. The minimum atomic E-state index is 0.932. The van der Waals surface area contributed by atoms with E-state index in [2.05, 4.69) is 240 Å². The number of hydrogen-bond donors (Lipinski definition) is 0. The van der Waals surface area contributed by atoms with Crippen LogP contribution in [0.3, 0.4) is 0 Å². The van der Waals surface area contributed by atoms with Gasteiger partial charge in [0.2, 0.25) is 0 Å². The van der Waals surface area contributed by atoms with E-state index in [0.29, 0.717) is 0 Å². The summed E-state index contributed by atoms with van der Waals surface area (Å²) in [4.78, 5) is 7.53. The molecule has 10 aromatic rings. The average Bonchev–Trinajstić information content (AvgIpc) is 3.70. The van der Waals surface area contributed by atoms with Crippen LogP contribution in [0.5, 0.6) is 0 Å². The van der Waals surface area contributed by atoms with Crippen LogP contribution in [-0.2, 0) is 0 Å². The maximum atomic E-state index is 5.20. The lowest BCUT2D eigenvalue weighted by molar-refractivity contribution is 1.10. The molecule has 0 radical (unpaired) electrons. The summed E-state index contributed by atoms with van der Waals surface area (Å²) in [6, 6.07) is 84.0. The predicted molar refractivity (Wildman–Crippen MR) is 243 cm³/mol. The van der Waals surface area contributed by atoms with E-state index in [0.717, 1.165) is 67.4 Å². The first kappa shape index (κ1) is 34.7. The van der Waals surface area contributed by atoms with Gasteiger partial charge in [0.1, 0.15) is 5.82 Å². The molecule has 0 amide bonds. The van der Waals surface area contributed by atoms with Crippen LogP contribution in [0.2, 0.25) is 0 Å². The second kappa shape index (κ2) is 15.4. The summed E-state index contributed by atoms with van der Waals surface area (Å²) >= 11 is 0. The first-order valence-corrected chi connectivity index (χ1v) is 19.7. The first-order chi connectivity index (χ1) is 28.7. The molecule has 10 rings (SSSR count). The quantitative estimate of drug-likeness (QED) is 0.147. The van der Waals surface area contributed by atoms with Gasteiger partial charge >= 0.3 is 0 Å². The molecule has 0 bridgehead atoms. The number of anilines is 3. The van der Waals surface area contributed by atoms with E-state index in [9.17, 15) is 0 Å². The molecule has 0 saturated carbocycles. The molecule has 1 aromatic heterocycles. The fourth-order valence-corrected chi connectivity index (χ4v) is 7.87. The van der Waals surface area contributed by atoms with Gasteiger partial charge in [-0.3, -0.25) is 4.57 Å². The lowest BCUT2D eigenvalue weighted by Crippen LogP contribution is -2.09. The number of imidazole rings is 1. The van der Waals surface area contributed by atoms with Crippen molar-refractivity contribution in [2.75, 3.05) is 4.90 Å². The first-order valence-electron chi connectivity index (χ1n) is 19.7. The molecule has 0 unspecified atom stereocenters. The molecule has 3 heteroatoms. The maximum Gasteiger partial charge on any atom is 0.145 e. The summed E-state index contributed by atoms with van der Waals surface area (Å²) in [5.41, 5.74) is 16.9. The smallest absolute Gasteiger partial charge is 0.145 e. The minimum absolute atomic E-state index is 0.932. The molecule has 0 N–H and O–H groups in total. The van der Waals surface area contributed by atoms with Crippen LogP contribution in [0.25, 0.3) is 72.6 Å². The fourth-order valence-electron chi connectivity index (χ4n) is 7.87. The minimum Gasteiger partial charge on any atom is -0.311 e. The zero-order valence-corrected chi connectivity index (χ0v) is 31.9. The molecule has 58 heavy (non-hydrogen) atoms. The number of aromatic nitrogens is 2. The van der Waals surface area contributed by atoms with E-state index in [-0.39, 0.29) is 0 Å². The Bertz CT molecular complexity index is 2850. The van der Waals surface area contributed by atoms with Gasteiger partial charge in [-0.25, -0.2) is 4.98 Å². The van der Waals surface area contributed by atoms with E-state index in [1.165, 1.54) is 22.3 Å². The summed E-state index contributed by atoms with van der Waals surface area (Å²) in [5.74, 6) is 0.932. The van der Waals surface area contributed by atoms with Crippen molar-refractivity contribution < 1.29 is 0 Å². The Labute approximate surface area is 339 Å². The number of nitrogens with zero attached hydrogens (tertiary/aromatic N) is 3. The van der Waals surface area contributed by atoms with Crippen molar-refractivity contribution in [2.45, 2.75) is 0 Å². The van der Waals surface area contributed by atoms with Crippen LogP contribution in [0, 0.1) is 0 Å². The average molecular weight is 742 g/mol. The lowest BCUT2D eigenvalue weighted by Gasteiger charge is -2.26. The van der Waals surface area contributed by atoms with Crippen molar-refractivity contribution in [2.24, 2.45) is 0 Å². The molecule has 274 valence electrons. The van der Waals surface area contributed by atoms with Crippen molar-refractivity contribution in [3.8, 4) is 61.6 Å². The van der Waals surface area contributed by atoms with Crippen molar-refractivity contribution in [3.63, 3.8) is 0 Å². The molecule has 0 atom stereocenters. The van der Waals surface area contributed by atoms with Crippen LogP contribution in [0.15, 0.2) is 237 Å². The van der Waals surface area contributed by atoms with Gasteiger partial charge < -0.3 is 4.90 Å². The molecule has 3 nitrogen and oxygen atoms in total. The third-order valence-corrected chi connectivity index (χ3v) is 10.8. The molecular weight excluding hydrogens is 703 g/mol. The van der Waals surface area contributed by atoms with Crippen molar-refractivity contribution in [3.05, 3.63) is 237 Å². The topological polar surface area (TPSA) is 21.1 Å². The Balaban J connectivity index is 0.983. The van der Waals surface area contributed by atoms with E-state index < -0.39 is 0 Å². The Morgan fingerprint density at radius 3 is 1.16 bits per heavy atom. The molecular formula is C55H39N3. The predicted octanol–water partition coefficient (Wildman–Crippen LogP) is 14.8. The van der Waals surface area contributed by atoms with Crippen molar-refractivity contribution in [1.29, 1.82) is 0 Å². The Kier molecular flexibility index (Phi) is 9.23.